The molecule has 3 heterocycles. The van der Waals surface area contributed by atoms with Gasteiger partial charge in [0, 0.05) is 17.3 Å². The second-order valence-corrected chi connectivity index (χ2v) is 11.8. The van der Waals surface area contributed by atoms with Crippen LogP contribution in [0.3, 0.4) is 0 Å². The normalized spacial score (nSPS) is 12.0. The number of aromatic nitrogens is 5. The van der Waals surface area contributed by atoms with Gasteiger partial charge in [0.1, 0.15) is 18.1 Å². The zero-order valence-corrected chi connectivity index (χ0v) is 26.8. The zero-order valence-electron chi connectivity index (χ0n) is 26.0. The molecule has 0 N–H and O–H groups in total. The number of benzene rings is 3. The van der Waals surface area contributed by atoms with Gasteiger partial charge in [-0.3, -0.25) is 4.79 Å². The summed E-state index contributed by atoms with van der Waals surface area (Å²) in [6.45, 7) is 10.1. The Morgan fingerprint density at radius 3 is 2.50 bits per heavy atom. The summed E-state index contributed by atoms with van der Waals surface area (Å²) in [4.78, 5) is 18.6. The molecule has 0 aliphatic carbocycles. The first-order chi connectivity index (χ1) is 22.3. The van der Waals surface area contributed by atoms with E-state index in [0.29, 0.717) is 33.4 Å². The average Bonchev–Trinajstić information content (AvgIpc) is 3.75. The minimum atomic E-state index is -0.243. The van der Waals surface area contributed by atoms with E-state index in [0.717, 1.165) is 39.4 Å². The fourth-order valence-corrected chi connectivity index (χ4v) is 5.81. The van der Waals surface area contributed by atoms with Gasteiger partial charge in [-0.15, -0.1) is 5.10 Å². The van der Waals surface area contributed by atoms with E-state index in [2.05, 4.69) is 22.7 Å². The molecule has 10 heteroatoms. The predicted octanol–water partition coefficient (Wildman–Crippen LogP) is 6.39. The van der Waals surface area contributed by atoms with Crippen LogP contribution in [-0.2, 0) is 0 Å². The van der Waals surface area contributed by atoms with Crippen LogP contribution in [0.2, 0.25) is 0 Å². The number of para-hydroxylation sites is 1. The summed E-state index contributed by atoms with van der Waals surface area (Å²) in [6.07, 6.45) is 9.16. The van der Waals surface area contributed by atoms with Crippen LogP contribution >= 0.6 is 11.3 Å². The summed E-state index contributed by atoms with van der Waals surface area (Å²) in [7, 11) is 1.59. The zero-order chi connectivity index (χ0) is 32.2. The predicted molar refractivity (Wildman–Crippen MR) is 183 cm³/mol. The largest absolute Gasteiger partial charge is 0.493 e. The second-order valence-electron chi connectivity index (χ2n) is 10.8. The van der Waals surface area contributed by atoms with Crippen LogP contribution in [0.15, 0.2) is 90.4 Å². The first kappa shape index (κ1) is 30.5. The molecule has 0 radical (unpaired) electrons. The molecule has 0 aliphatic heterocycles. The Balaban J connectivity index is 1.34. The Labute approximate surface area is 270 Å². The minimum Gasteiger partial charge on any atom is -0.493 e. The van der Waals surface area contributed by atoms with Crippen molar-refractivity contribution in [3.63, 3.8) is 0 Å². The van der Waals surface area contributed by atoms with E-state index >= 15 is 0 Å². The lowest BCUT2D eigenvalue weighted by Gasteiger charge is -2.13. The first-order valence-corrected chi connectivity index (χ1v) is 15.6. The molecule has 0 fully saturated rings. The van der Waals surface area contributed by atoms with Crippen molar-refractivity contribution in [2.75, 3.05) is 13.7 Å². The fourth-order valence-electron chi connectivity index (χ4n) is 4.90. The standard InChI is InChI=1S/C36H33N5O4S/c1-6-18-44-30-15-12-25(20-31(30)43-5)13-17-33-37-36-41(38-33)35(42)32(46-36)21-27-22-40(28-10-8-7-9-11-28)39-34(27)26-14-16-29(24(4)19-26)45-23(2)3/h6-17,19-23H,1,18H2,2-5H3/b17-13+,32-21-. The molecule has 0 saturated heterocycles. The van der Waals surface area contributed by atoms with Crippen molar-refractivity contribution in [3.05, 3.63) is 123 Å². The van der Waals surface area contributed by atoms with Gasteiger partial charge in [-0.1, -0.05) is 54.3 Å². The maximum atomic E-state index is 13.5. The second kappa shape index (κ2) is 13.3. The summed E-state index contributed by atoms with van der Waals surface area (Å²) >= 11 is 1.28. The topological polar surface area (TPSA) is 92.8 Å². The molecule has 0 spiro atoms. The molecule has 0 saturated carbocycles. The quantitative estimate of drug-likeness (QED) is 0.153. The van der Waals surface area contributed by atoms with Gasteiger partial charge in [-0.2, -0.15) is 14.6 Å². The van der Waals surface area contributed by atoms with E-state index in [4.69, 9.17) is 19.3 Å². The minimum absolute atomic E-state index is 0.0705. The molecule has 0 atom stereocenters. The molecule has 0 unspecified atom stereocenters. The van der Waals surface area contributed by atoms with Gasteiger partial charge in [-0.25, -0.2) is 4.68 Å². The molecular formula is C36H33N5O4S. The smallest absolute Gasteiger partial charge is 0.291 e. The molecule has 0 bridgehead atoms. The molecule has 46 heavy (non-hydrogen) atoms. The van der Waals surface area contributed by atoms with Crippen molar-refractivity contribution in [3.8, 4) is 34.2 Å². The SMILES string of the molecule is C=CCOc1ccc(/C=C/c2nc3s/c(=C\c4cn(-c5ccccc5)nc4-c4ccc(OC(C)C)c(C)c4)c(=O)n3n2)cc1OC. The molecular weight excluding hydrogens is 598 g/mol. The lowest BCUT2D eigenvalue weighted by Crippen LogP contribution is -2.23. The number of hydrogen-bond donors (Lipinski definition) is 0. The monoisotopic (exact) mass is 631 g/mol. The third kappa shape index (κ3) is 6.47. The molecule has 6 rings (SSSR count). The Kier molecular flexibility index (Phi) is 8.80. The number of hydrogen-bond acceptors (Lipinski definition) is 8. The summed E-state index contributed by atoms with van der Waals surface area (Å²) in [6, 6.07) is 21.5. The Bertz CT molecular complexity index is 2160. The molecule has 0 amide bonds. The summed E-state index contributed by atoms with van der Waals surface area (Å²) in [5, 5.41) is 9.39. The Hall–Kier alpha value is -5.48. The molecule has 3 aromatic carbocycles. The van der Waals surface area contributed by atoms with Crippen molar-refractivity contribution < 1.29 is 14.2 Å². The lowest BCUT2D eigenvalue weighted by atomic mass is 10.0. The van der Waals surface area contributed by atoms with Crippen molar-refractivity contribution in [2.45, 2.75) is 26.9 Å². The first-order valence-electron chi connectivity index (χ1n) is 14.8. The highest BCUT2D eigenvalue weighted by atomic mass is 32.1. The van der Waals surface area contributed by atoms with Crippen LogP contribution in [-0.4, -0.2) is 44.2 Å². The summed E-state index contributed by atoms with van der Waals surface area (Å²) in [5.41, 5.74) is 5.03. The molecule has 3 aromatic heterocycles. The molecule has 0 aliphatic rings. The maximum absolute atomic E-state index is 13.5. The van der Waals surface area contributed by atoms with Gasteiger partial charge in [0.2, 0.25) is 4.96 Å². The third-order valence-corrected chi connectivity index (χ3v) is 7.99. The highest BCUT2D eigenvalue weighted by Crippen LogP contribution is 2.30. The van der Waals surface area contributed by atoms with Crippen molar-refractivity contribution >= 4 is 34.5 Å². The number of aryl methyl sites for hydroxylation is 1. The van der Waals surface area contributed by atoms with E-state index in [1.807, 2.05) is 104 Å². The molecule has 9 nitrogen and oxygen atoms in total. The van der Waals surface area contributed by atoms with Gasteiger partial charge in [-0.05, 0) is 86.5 Å². The van der Waals surface area contributed by atoms with Crippen LogP contribution in [0.25, 0.3) is 40.1 Å². The summed E-state index contributed by atoms with van der Waals surface area (Å²) < 4.78 is 20.7. The van der Waals surface area contributed by atoms with Gasteiger partial charge in [0.05, 0.1) is 23.4 Å². The van der Waals surface area contributed by atoms with E-state index in [1.165, 1.54) is 15.9 Å². The third-order valence-electron chi connectivity index (χ3n) is 7.03. The highest BCUT2D eigenvalue weighted by Gasteiger charge is 2.15. The van der Waals surface area contributed by atoms with Crippen LogP contribution in [0.4, 0.5) is 0 Å². The molecule has 232 valence electrons. The van der Waals surface area contributed by atoms with Crippen LogP contribution in [0.5, 0.6) is 17.2 Å². The van der Waals surface area contributed by atoms with Crippen LogP contribution < -0.4 is 24.3 Å². The lowest BCUT2D eigenvalue weighted by molar-refractivity contribution is 0.241. The number of ether oxygens (including phenoxy) is 3. The average molecular weight is 632 g/mol. The van der Waals surface area contributed by atoms with Crippen LogP contribution in [0, 0.1) is 6.92 Å². The van der Waals surface area contributed by atoms with E-state index in [9.17, 15) is 4.79 Å². The van der Waals surface area contributed by atoms with Crippen molar-refractivity contribution in [2.24, 2.45) is 0 Å². The number of thiazole rings is 1. The van der Waals surface area contributed by atoms with Gasteiger partial charge >= 0.3 is 0 Å². The van der Waals surface area contributed by atoms with Crippen molar-refractivity contribution in [1.29, 1.82) is 0 Å². The maximum Gasteiger partial charge on any atom is 0.291 e. The fraction of sp³-hybridized carbons (Fsp3) is 0.167. The van der Waals surface area contributed by atoms with Gasteiger partial charge in [0.25, 0.3) is 5.56 Å². The van der Waals surface area contributed by atoms with Gasteiger partial charge in [0.15, 0.2) is 17.3 Å². The number of nitrogens with zero attached hydrogens (tertiary/aromatic N) is 5. The Morgan fingerprint density at radius 1 is 0.978 bits per heavy atom. The number of rotatable bonds is 11. The molecule has 6 aromatic rings. The van der Waals surface area contributed by atoms with Crippen LogP contribution in [0.1, 0.15) is 36.4 Å². The Morgan fingerprint density at radius 2 is 1.78 bits per heavy atom. The van der Waals surface area contributed by atoms with E-state index in [1.54, 1.807) is 19.3 Å². The highest BCUT2D eigenvalue weighted by molar-refractivity contribution is 7.15. The van der Waals surface area contributed by atoms with E-state index in [-0.39, 0.29) is 11.7 Å². The number of methoxy groups -OCH3 is 1. The van der Waals surface area contributed by atoms with Crippen molar-refractivity contribution in [1.82, 2.24) is 24.4 Å². The van der Waals surface area contributed by atoms with Gasteiger partial charge < -0.3 is 14.2 Å². The summed E-state index contributed by atoms with van der Waals surface area (Å²) in [5.74, 6) is 2.50. The van der Waals surface area contributed by atoms with E-state index < -0.39 is 0 Å². The number of fused-ring (bicyclic) bond motifs is 1.